The number of fused-ring (bicyclic) bond motifs is 4. The zero-order valence-electron chi connectivity index (χ0n) is 24.0. The van der Waals surface area contributed by atoms with Crippen LogP contribution in [0.25, 0.3) is 11.3 Å². The van der Waals surface area contributed by atoms with Gasteiger partial charge in [0.15, 0.2) is 5.82 Å². The number of nitrogens with one attached hydrogen (secondary N) is 2. The van der Waals surface area contributed by atoms with Gasteiger partial charge >= 0.3 is 0 Å². The van der Waals surface area contributed by atoms with Crippen LogP contribution in [0.5, 0.6) is 0 Å². The lowest BCUT2D eigenvalue weighted by Gasteiger charge is -2.30. The smallest absolute Gasteiger partial charge is 0.293 e. The van der Waals surface area contributed by atoms with E-state index in [0.29, 0.717) is 29.9 Å². The predicted molar refractivity (Wildman–Crippen MR) is 166 cm³/mol. The zero-order valence-corrected chi connectivity index (χ0v) is 24.8. The number of aryl methyl sites for hydroxylation is 2. The van der Waals surface area contributed by atoms with Gasteiger partial charge in [-0.05, 0) is 104 Å². The van der Waals surface area contributed by atoms with Gasteiger partial charge in [-0.3, -0.25) is 9.59 Å². The number of nitrogens with zero attached hydrogens (tertiary/aromatic N) is 3. The molecule has 9 heteroatoms. The van der Waals surface area contributed by atoms with Crippen molar-refractivity contribution in [2.45, 2.75) is 58.4 Å². The normalized spacial score (nSPS) is 16.2. The molecule has 2 N–H and O–H groups in total. The fourth-order valence-corrected chi connectivity index (χ4v) is 8.11. The number of benzene rings is 2. The van der Waals surface area contributed by atoms with Crippen LogP contribution >= 0.6 is 11.3 Å². The molecular weight excluding hydrogens is 549 g/mol. The number of thiophene rings is 1. The zero-order chi connectivity index (χ0) is 29.0. The molecule has 2 aromatic carbocycles. The summed E-state index contributed by atoms with van der Waals surface area (Å²) in [4.78, 5) is 35.6. The van der Waals surface area contributed by atoms with Crippen molar-refractivity contribution in [2.24, 2.45) is 7.05 Å². The molecule has 0 bridgehead atoms. The molecule has 1 aliphatic carbocycles. The number of hydrogen-bond donors (Lipinski definition) is 2. The third-order valence-corrected chi connectivity index (χ3v) is 10.2. The van der Waals surface area contributed by atoms with Crippen molar-refractivity contribution < 1.29 is 9.18 Å². The second-order valence-corrected chi connectivity index (χ2v) is 12.6. The lowest BCUT2D eigenvalue weighted by molar-refractivity contribution is 0.0984. The first kappa shape index (κ1) is 27.0. The number of carbonyl (C=O) groups is 1. The first-order chi connectivity index (χ1) is 20.4. The number of rotatable bonds is 5. The number of amides is 1. The molecule has 2 aliphatic heterocycles. The number of anilines is 3. The number of aromatic nitrogens is 2. The van der Waals surface area contributed by atoms with E-state index < -0.39 is 5.82 Å². The van der Waals surface area contributed by atoms with Crippen LogP contribution in [0.1, 0.15) is 62.1 Å². The first-order valence-electron chi connectivity index (χ1n) is 14.9. The Morgan fingerprint density at radius 2 is 1.90 bits per heavy atom. The van der Waals surface area contributed by atoms with Crippen LogP contribution in [-0.4, -0.2) is 28.5 Å². The molecule has 1 amide bonds. The van der Waals surface area contributed by atoms with Crippen molar-refractivity contribution in [2.75, 3.05) is 23.3 Å². The summed E-state index contributed by atoms with van der Waals surface area (Å²) in [6, 6.07) is 9.03. The molecule has 0 saturated carbocycles. The van der Waals surface area contributed by atoms with Crippen molar-refractivity contribution in [3.63, 3.8) is 0 Å². The SMILES string of the molecule is CCc1c(-c2cn(C)c(=O)c(Nc3ccc4c(c3)CCNC4)n2)cc(F)cc1N1CCc2c(sc3c2CCCC3)C1=O. The highest BCUT2D eigenvalue weighted by molar-refractivity contribution is 7.14. The van der Waals surface area contributed by atoms with Crippen molar-refractivity contribution in [1.82, 2.24) is 14.9 Å². The fourth-order valence-electron chi connectivity index (χ4n) is 6.72. The Morgan fingerprint density at radius 3 is 2.76 bits per heavy atom. The lowest BCUT2D eigenvalue weighted by Crippen LogP contribution is -2.37. The monoisotopic (exact) mass is 583 g/mol. The Balaban J connectivity index is 1.27. The Morgan fingerprint density at radius 1 is 1.05 bits per heavy atom. The maximum absolute atomic E-state index is 15.3. The molecule has 0 spiro atoms. The van der Waals surface area contributed by atoms with Gasteiger partial charge in [-0.1, -0.05) is 13.0 Å². The van der Waals surface area contributed by atoms with Crippen LogP contribution in [0.3, 0.4) is 0 Å². The van der Waals surface area contributed by atoms with Crippen molar-refractivity contribution in [1.29, 1.82) is 0 Å². The molecule has 0 fully saturated rings. The quantitative estimate of drug-likeness (QED) is 0.316. The largest absolute Gasteiger partial charge is 0.336 e. The minimum atomic E-state index is -0.435. The van der Waals surface area contributed by atoms with E-state index in [1.807, 2.05) is 13.0 Å². The summed E-state index contributed by atoms with van der Waals surface area (Å²) >= 11 is 1.63. The van der Waals surface area contributed by atoms with Crippen LogP contribution in [-0.2, 0) is 45.7 Å². The van der Waals surface area contributed by atoms with Crippen LogP contribution in [0.4, 0.5) is 21.6 Å². The topological polar surface area (TPSA) is 79.3 Å². The summed E-state index contributed by atoms with van der Waals surface area (Å²) in [5.41, 5.74) is 8.11. The molecular formula is C33H34FN5O2S. The van der Waals surface area contributed by atoms with Gasteiger partial charge in [-0.25, -0.2) is 9.37 Å². The highest BCUT2D eigenvalue weighted by atomic mass is 32.1. The van der Waals surface area contributed by atoms with E-state index in [1.54, 1.807) is 29.5 Å². The van der Waals surface area contributed by atoms with E-state index in [4.69, 9.17) is 4.98 Å². The molecule has 0 unspecified atom stereocenters. The summed E-state index contributed by atoms with van der Waals surface area (Å²) in [7, 11) is 1.68. The molecule has 4 aromatic rings. The van der Waals surface area contributed by atoms with Gasteiger partial charge in [0.25, 0.3) is 11.5 Å². The summed E-state index contributed by atoms with van der Waals surface area (Å²) < 4.78 is 16.8. The predicted octanol–water partition coefficient (Wildman–Crippen LogP) is 5.68. The van der Waals surface area contributed by atoms with Crippen molar-refractivity contribution in [3.05, 3.63) is 90.3 Å². The third kappa shape index (κ3) is 4.65. The highest BCUT2D eigenvalue weighted by Gasteiger charge is 2.33. The maximum Gasteiger partial charge on any atom is 0.293 e. The van der Waals surface area contributed by atoms with E-state index in [1.165, 1.54) is 56.7 Å². The molecule has 216 valence electrons. The van der Waals surface area contributed by atoms with Crippen LogP contribution in [0.2, 0.25) is 0 Å². The van der Waals surface area contributed by atoms with Gasteiger partial charge in [-0.2, -0.15) is 0 Å². The van der Waals surface area contributed by atoms with Gasteiger partial charge < -0.3 is 20.1 Å². The molecule has 7 rings (SSSR count). The van der Waals surface area contributed by atoms with Gasteiger partial charge in [0.05, 0.1) is 16.3 Å². The standard InChI is InChI=1S/C33H34FN5O2S/c1-3-23-26(27-18-38(2)33(41)31(37-27)36-22-9-8-20-17-35-12-10-19(20)14-22)15-21(34)16-28(23)39-13-11-25-24-6-4-5-7-29(24)42-30(25)32(39)40/h8-9,14-16,18,35H,3-7,10-13,17H2,1-2H3,(H,36,37). The first-order valence-corrected chi connectivity index (χ1v) is 15.7. The van der Waals surface area contributed by atoms with E-state index in [0.717, 1.165) is 54.9 Å². The average molecular weight is 584 g/mol. The molecule has 7 nitrogen and oxygen atoms in total. The number of halogens is 1. The fraction of sp³-hybridized carbons (Fsp3) is 0.364. The van der Waals surface area contributed by atoms with Crippen molar-refractivity contribution in [3.8, 4) is 11.3 Å². The summed E-state index contributed by atoms with van der Waals surface area (Å²) in [6.07, 6.45) is 8.37. The Bertz CT molecular complexity index is 1790. The molecule has 0 atom stereocenters. The Labute approximate surface area is 248 Å². The highest BCUT2D eigenvalue weighted by Crippen LogP contribution is 2.40. The van der Waals surface area contributed by atoms with E-state index in [2.05, 4.69) is 22.8 Å². The minimum absolute atomic E-state index is 0.0414. The summed E-state index contributed by atoms with van der Waals surface area (Å²) in [5.74, 6) is -0.297. The molecule has 2 aromatic heterocycles. The van der Waals surface area contributed by atoms with Crippen LogP contribution in [0.15, 0.2) is 41.3 Å². The molecule has 4 heterocycles. The Hall–Kier alpha value is -3.82. The van der Waals surface area contributed by atoms with Gasteiger partial charge in [-0.15, -0.1) is 11.3 Å². The van der Waals surface area contributed by atoms with Gasteiger partial charge in [0, 0.05) is 42.5 Å². The van der Waals surface area contributed by atoms with E-state index >= 15 is 4.39 Å². The number of hydrogen-bond acceptors (Lipinski definition) is 6. The molecule has 0 saturated heterocycles. The summed E-state index contributed by atoms with van der Waals surface area (Å²) in [5, 5.41) is 6.60. The molecule has 3 aliphatic rings. The van der Waals surface area contributed by atoms with E-state index in [9.17, 15) is 9.59 Å². The third-order valence-electron chi connectivity index (χ3n) is 8.84. The average Bonchev–Trinajstić information content (AvgIpc) is 3.39. The van der Waals surface area contributed by atoms with Gasteiger partial charge in [0.2, 0.25) is 0 Å². The molecule has 42 heavy (non-hydrogen) atoms. The van der Waals surface area contributed by atoms with Crippen LogP contribution < -0.4 is 21.1 Å². The second-order valence-electron chi connectivity index (χ2n) is 11.5. The van der Waals surface area contributed by atoms with Crippen molar-refractivity contribution >= 4 is 34.4 Å². The van der Waals surface area contributed by atoms with Gasteiger partial charge in [0.1, 0.15) is 5.82 Å². The molecule has 0 radical (unpaired) electrons. The van der Waals surface area contributed by atoms with Crippen LogP contribution in [0, 0.1) is 5.82 Å². The van der Waals surface area contributed by atoms with E-state index in [-0.39, 0.29) is 17.3 Å². The minimum Gasteiger partial charge on any atom is -0.336 e. The maximum atomic E-state index is 15.3. The lowest BCUT2D eigenvalue weighted by atomic mass is 9.91. The Kier molecular flexibility index (Phi) is 6.94. The second kappa shape index (κ2) is 10.8. The summed E-state index contributed by atoms with van der Waals surface area (Å²) in [6.45, 7) is 4.28. The number of carbonyl (C=O) groups excluding carboxylic acids is 1.